The largest absolute Gasteiger partial charge is 0.336 e. The fourth-order valence-corrected chi connectivity index (χ4v) is 4.21. The van der Waals surface area contributed by atoms with Gasteiger partial charge in [0.05, 0.1) is 17.3 Å². The van der Waals surface area contributed by atoms with E-state index in [0.29, 0.717) is 24.5 Å². The van der Waals surface area contributed by atoms with Crippen LogP contribution in [0.15, 0.2) is 36.5 Å². The van der Waals surface area contributed by atoms with Crippen LogP contribution in [0.1, 0.15) is 22.4 Å². The number of aryl methyl sites for hydroxylation is 2. The summed E-state index contributed by atoms with van der Waals surface area (Å²) in [6.45, 7) is 6.06. The van der Waals surface area contributed by atoms with Gasteiger partial charge in [-0.2, -0.15) is 5.26 Å². The molecule has 2 aliphatic rings. The molecule has 0 aliphatic carbocycles. The molecule has 0 bridgehead atoms. The number of anilines is 3. The van der Waals surface area contributed by atoms with Crippen molar-refractivity contribution in [3.63, 3.8) is 0 Å². The van der Waals surface area contributed by atoms with Crippen LogP contribution in [0.3, 0.4) is 0 Å². The average molecular weight is 399 g/mol. The van der Waals surface area contributed by atoms with Gasteiger partial charge in [-0.15, -0.1) is 5.10 Å². The number of amides is 2. The quantitative estimate of drug-likeness (QED) is 0.731. The van der Waals surface area contributed by atoms with E-state index in [2.05, 4.69) is 21.4 Å². The molecular formula is C22H21N7O. The second-order valence-corrected chi connectivity index (χ2v) is 7.60. The van der Waals surface area contributed by atoms with E-state index >= 15 is 0 Å². The molecule has 0 unspecified atom stereocenters. The number of carbonyl (C=O) groups excluding carboxylic acids is 1. The third-order valence-electron chi connectivity index (χ3n) is 5.62. The van der Waals surface area contributed by atoms with Gasteiger partial charge in [0.2, 0.25) is 0 Å². The molecule has 2 aromatic heterocycles. The van der Waals surface area contributed by atoms with E-state index in [9.17, 15) is 4.79 Å². The minimum Gasteiger partial charge on any atom is -0.336 e. The molecule has 1 N–H and O–H groups in total. The number of urea groups is 1. The zero-order chi connectivity index (χ0) is 20.8. The molecule has 1 saturated heterocycles. The van der Waals surface area contributed by atoms with Crippen molar-refractivity contribution in [3.8, 4) is 11.8 Å². The molecule has 30 heavy (non-hydrogen) atoms. The van der Waals surface area contributed by atoms with Crippen molar-refractivity contribution in [2.24, 2.45) is 0 Å². The number of aromatic nitrogens is 3. The minimum atomic E-state index is -0.112. The Kier molecular flexibility index (Phi) is 4.17. The standard InChI is InChI=1S/C22H21N7O/c1-14-11-16(13-23)3-4-18(14)27-8-5-17-19(12-15(2)25-21(17)27)29-9-6-20(26-29)28-10-7-24-22(28)30/h3-4,6,9,11-12H,5,7-8,10H2,1-2H3,(H,24,30). The van der Waals surface area contributed by atoms with E-state index in [4.69, 9.17) is 10.2 Å². The Morgan fingerprint density at radius 2 is 1.97 bits per heavy atom. The van der Waals surface area contributed by atoms with E-state index in [1.54, 1.807) is 4.90 Å². The number of nitrogens with zero attached hydrogens (tertiary/aromatic N) is 6. The summed E-state index contributed by atoms with van der Waals surface area (Å²) in [5, 5.41) is 16.6. The van der Waals surface area contributed by atoms with Crippen molar-refractivity contribution in [3.05, 3.63) is 58.9 Å². The zero-order valence-electron chi connectivity index (χ0n) is 16.9. The van der Waals surface area contributed by atoms with E-state index in [0.717, 1.165) is 47.0 Å². The molecule has 1 aromatic carbocycles. The Morgan fingerprint density at radius 1 is 1.10 bits per heavy atom. The number of hydrogen-bond acceptors (Lipinski definition) is 5. The normalized spacial score (nSPS) is 15.3. The fourth-order valence-electron chi connectivity index (χ4n) is 4.21. The van der Waals surface area contributed by atoms with Gasteiger partial charge in [0, 0.05) is 48.8 Å². The van der Waals surface area contributed by atoms with Crippen molar-refractivity contribution >= 4 is 23.4 Å². The second kappa shape index (κ2) is 6.88. The van der Waals surface area contributed by atoms with Gasteiger partial charge in [0.25, 0.3) is 0 Å². The van der Waals surface area contributed by atoms with Crippen LogP contribution in [0.5, 0.6) is 0 Å². The highest BCUT2D eigenvalue weighted by Crippen LogP contribution is 2.38. The SMILES string of the molecule is Cc1cc(-n2ccc(N3CCNC3=O)n2)c2c(n1)N(c1ccc(C#N)cc1C)CC2. The number of benzene rings is 1. The first kappa shape index (κ1) is 18.2. The monoisotopic (exact) mass is 399 g/mol. The molecule has 2 amide bonds. The molecule has 0 atom stereocenters. The first-order chi connectivity index (χ1) is 14.5. The van der Waals surface area contributed by atoms with Crippen LogP contribution in [0.25, 0.3) is 5.69 Å². The topological polar surface area (TPSA) is 90.1 Å². The lowest BCUT2D eigenvalue weighted by atomic mass is 10.1. The number of nitriles is 1. The molecule has 150 valence electrons. The summed E-state index contributed by atoms with van der Waals surface area (Å²) in [5.74, 6) is 1.57. The smallest absolute Gasteiger partial charge is 0.323 e. The van der Waals surface area contributed by atoms with Crippen molar-refractivity contribution in [2.75, 3.05) is 29.4 Å². The van der Waals surface area contributed by atoms with Gasteiger partial charge in [-0.3, -0.25) is 4.90 Å². The Bertz CT molecular complexity index is 1210. The second-order valence-electron chi connectivity index (χ2n) is 7.60. The number of nitrogens with one attached hydrogen (secondary N) is 1. The predicted molar refractivity (Wildman–Crippen MR) is 113 cm³/mol. The highest BCUT2D eigenvalue weighted by molar-refractivity contribution is 5.93. The molecule has 5 rings (SSSR count). The van der Waals surface area contributed by atoms with Crippen LogP contribution >= 0.6 is 0 Å². The van der Waals surface area contributed by atoms with Crippen molar-refractivity contribution in [1.82, 2.24) is 20.1 Å². The Labute approximate surface area is 174 Å². The van der Waals surface area contributed by atoms with E-state index in [1.807, 2.05) is 55.1 Å². The van der Waals surface area contributed by atoms with Crippen molar-refractivity contribution < 1.29 is 4.79 Å². The molecule has 2 aliphatic heterocycles. The average Bonchev–Trinajstić information content (AvgIpc) is 3.46. The van der Waals surface area contributed by atoms with Gasteiger partial charge >= 0.3 is 6.03 Å². The molecule has 1 fully saturated rings. The van der Waals surface area contributed by atoms with Gasteiger partial charge < -0.3 is 10.2 Å². The summed E-state index contributed by atoms with van der Waals surface area (Å²) in [7, 11) is 0. The maximum atomic E-state index is 12.0. The summed E-state index contributed by atoms with van der Waals surface area (Å²) < 4.78 is 1.84. The molecule has 0 radical (unpaired) electrons. The Balaban J connectivity index is 1.55. The highest BCUT2D eigenvalue weighted by atomic mass is 16.2. The first-order valence-electron chi connectivity index (χ1n) is 9.95. The summed E-state index contributed by atoms with van der Waals surface area (Å²) in [5.41, 5.74) is 5.78. The van der Waals surface area contributed by atoms with Gasteiger partial charge in [-0.05, 0) is 50.1 Å². The number of pyridine rings is 1. The van der Waals surface area contributed by atoms with Crippen LogP contribution in [0.2, 0.25) is 0 Å². The minimum absolute atomic E-state index is 0.112. The molecule has 8 heteroatoms. The maximum absolute atomic E-state index is 12.0. The number of fused-ring (bicyclic) bond motifs is 1. The van der Waals surface area contributed by atoms with E-state index < -0.39 is 0 Å². The van der Waals surface area contributed by atoms with Gasteiger partial charge in [0.1, 0.15) is 5.82 Å². The lowest BCUT2D eigenvalue weighted by Gasteiger charge is -2.21. The molecule has 8 nitrogen and oxygen atoms in total. The van der Waals surface area contributed by atoms with Crippen LogP contribution in [-0.2, 0) is 6.42 Å². The number of hydrogen-bond donors (Lipinski definition) is 1. The summed E-state index contributed by atoms with van der Waals surface area (Å²) >= 11 is 0. The molecule has 4 heterocycles. The summed E-state index contributed by atoms with van der Waals surface area (Å²) in [6, 6.07) is 11.7. The van der Waals surface area contributed by atoms with Crippen LogP contribution in [0, 0.1) is 25.2 Å². The van der Waals surface area contributed by atoms with Crippen molar-refractivity contribution in [2.45, 2.75) is 20.3 Å². The van der Waals surface area contributed by atoms with E-state index in [-0.39, 0.29) is 6.03 Å². The van der Waals surface area contributed by atoms with E-state index in [1.165, 1.54) is 0 Å². The Hall–Kier alpha value is -3.86. The first-order valence-corrected chi connectivity index (χ1v) is 9.95. The van der Waals surface area contributed by atoms with Crippen LogP contribution in [0.4, 0.5) is 22.1 Å². The molecular weight excluding hydrogens is 378 g/mol. The molecule has 0 saturated carbocycles. The van der Waals surface area contributed by atoms with Gasteiger partial charge in [-0.1, -0.05) is 0 Å². The van der Waals surface area contributed by atoms with Crippen molar-refractivity contribution in [1.29, 1.82) is 5.26 Å². The summed E-state index contributed by atoms with van der Waals surface area (Å²) in [6.07, 6.45) is 2.74. The predicted octanol–water partition coefficient (Wildman–Crippen LogP) is 2.98. The molecule has 0 spiro atoms. The fraction of sp³-hybridized carbons (Fsp3) is 0.273. The summed E-state index contributed by atoms with van der Waals surface area (Å²) in [4.78, 5) is 20.7. The third-order valence-corrected chi connectivity index (χ3v) is 5.62. The number of carbonyl (C=O) groups is 1. The lowest BCUT2D eigenvalue weighted by molar-refractivity contribution is 0.252. The van der Waals surface area contributed by atoms with Crippen LogP contribution in [-0.4, -0.2) is 40.4 Å². The highest BCUT2D eigenvalue weighted by Gasteiger charge is 2.28. The van der Waals surface area contributed by atoms with Crippen LogP contribution < -0.4 is 15.1 Å². The molecule has 3 aromatic rings. The Morgan fingerprint density at radius 3 is 2.70 bits per heavy atom. The third kappa shape index (κ3) is 2.87. The maximum Gasteiger partial charge on any atom is 0.323 e. The van der Waals surface area contributed by atoms with Gasteiger partial charge in [-0.25, -0.2) is 14.5 Å². The van der Waals surface area contributed by atoms with Gasteiger partial charge in [0.15, 0.2) is 5.82 Å². The zero-order valence-corrected chi connectivity index (χ0v) is 16.9. The number of rotatable bonds is 3. The lowest BCUT2D eigenvalue weighted by Crippen LogP contribution is -2.28.